The Morgan fingerprint density at radius 1 is 0.611 bits per heavy atom. The van der Waals surface area contributed by atoms with Gasteiger partial charge in [0.05, 0.1) is 0 Å². The summed E-state index contributed by atoms with van der Waals surface area (Å²) in [6.45, 7) is 18.3. The molecular weight excluding hydrogens is 220 g/mol. The average Bonchev–Trinajstić information content (AvgIpc) is 2.42. The van der Waals surface area contributed by atoms with E-state index in [1.807, 2.05) is 0 Å². The van der Waals surface area contributed by atoms with Crippen LogP contribution in [-0.4, -0.2) is 26.2 Å². The van der Waals surface area contributed by atoms with Crippen molar-refractivity contribution < 1.29 is 0 Å². The second kappa shape index (κ2) is 8.92. The van der Waals surface area contributed by atoms with E-state index in [4.69, 9.17) is 0 Å². The molecule has 2 heteroatoms. The van der Waals surface area contributed by atoms with Crippen LogP contribution in [0.4, 0.5) is 0 Å². The summed E-state index contributed by atoms with van der Waals surface area (Å²) >= 11 is 0. The van der Waals surface area contributed by atoms with Gasteiger partial charge in [0, 0.05) is 26.2 Å². The molecule has 0 rings (SSSR count). The fourth-order valence-electron chi connectivity index (χ4n) is 1.96. The maximum Gasteiger partial charge on any atom is 0.00769 e. The van der Waals surface area contributed by atoms with Gasteiger partial charge in [-0.05, 0) is 36.5 Å². The first-order chi connectivity index (χ1) is 8.45. The molecule has 0 amide bonds. The number of nitrogens with one attached hydrogen (secondary N) is 2. The maximum atomic E-state index is 3.59. The molecule has 0 aliphatic heterocycles. The summed E-state index contributed by atoms with van der Waals surface area (Å²) in [4.78, 5) is 0. The first-order valence-corrected chi connectivity index (χ1v) is 7.86. The second-order valence-corrected chi connectivity index (χ2v) is 6.39. The smallest absolute Gasteiger partial charge is 0.00769 e. The van der Waals surface area contributed by atoms with Crippen molar-refractivity contribution in [2.75, 3.05) is 26.2 Å². The predicted octanol–water partition coefficient (Wildman–Crippen LogP) is 3.82. The summed E-state index contributed by atoms with van der Waals surface area (Å²) in [6, 6.07) is 0. The van der Waals surface area contributed by atoms with Crippen molar-refractivity contribution in [3.05, 3.63) is 0 Å². The van der Waals surface area contributed by atoms with Gasteiger partial charge >= 0.3 is 0 Å². The second-order valence-electron chi connectivity index (χ2n) is 6.39. The Morgan fingerprint density at radius 2 is 0.889 bits per heavy atom. The minimum absolute atomic E-state index is 0.474. The van der Waals surface area contributed by atoms with Gasteiger partial charge in [-0.15, -0.1) is 0 Å². The van der Waals surface area contributed by atoms with E-state index in [0.717, 1.165) is 26.2 Å². The van der Waals surface area contributed by atoms with Crippen LogP contribution in [0.5, 0.6) is 0 Å². The van der Waals surface area contributed by atoms with Gasteiger partial charge in [-0.1, -0.05) is 41.5 Å². The van der Waals surface area contributed by atoms with E-state index >= 15 is 0 Å². The molecule has 2 nitrogen and oxygen atoms in total. The van der Waals surface area contributed by atoms with Gasteiger partial charge in [0.25, 0.3) is 0 Å². The van der Waals surface area contributed by atoms with Crippen LogP contribution in [0.25, 0.3) is 0 Å². The average molecular weight is 256 g/mol. The molecular formula is C16H36N2. The van der Waals surface area contributed by atoms with Crippen molar-refractivity contribution in [3.63, 3.8) is 0 Å². The molecule has 0 atom stereocenters. The van der Waals surface area contributed by atoms with E-state index in [1.54, 1.807) is 0 Å². The lowest BCUT2D eigenvalue weighted by molar-refractivity contribution is 0.270. The van der Waals surface area contributed by atoms with Crippen LogP contribution in [0.1, 0.15) is 67.2 Å². The first-order valence-electron chi connectivity index (χ1n) is 7.86. The van der Waals surface area contributed by atoms with Crippen LogP contribution < -0.4 is 10.6 Å². The van der Waals surface area contributed by atoms with Crippen molar-refractivity contribution in [2.45, 2.75) is 67.2 Å². The molecule has 0 aromatic heterocycles. The van der Waals surface area contributed by atoms with E-state index in [-0.39, 0.29) is 0 Å². The van der Waals surface area contributed by atoms with Crippen molar-refractivity contribution >= 4 is 0 Å². The van der Waals surface area contributed by atoms with Crippen LogP contribution in [0.3, 0.4) is 0 Å². The van der Waals surface area contributed by atoms with E-state index in [0.29, 0.717) is 10.8 Å². The Bertz CT molecular complexity index is 171. The number of hydrogen-bond acceptors (Lipinski definition) is 2. The van der Waals surface area contributed by atoms with E-state index in [9.17, 15) is 0 Å². The van der Waals surface area contributed by atoms with Crippen LogP contribution in [0.2, 0.25) is 0 Å². The normalized spacial score (nSPS) is 13.0. The van der Waals surface area contributed by atoms with Crippen molar-refractivity contribution in [3.8, 4) is 0 Å². The van der Waals surface area contributed by atoms with Crippen LogP contribution >= 0.6 is 0 Å². The summed E-state index contributed by atoms with van der Waals surface area (Å²) < 4.78 is 0. The summed E-state index contributed by atoms with van der Waals surface area (Å²) in [5.41, 5.74) is 0.947. The molecule has 0 fully saturated rings. The van der Waals surface area contributed by atoms with Gasteiger partial charge in [-0.3, -0.25) is 0 Å². The molecule has 110 valence electrons. The molecule has 0 heterocycles. The molecule has 0 aliphatic rings. The summed E-state index contributed by atoms with van der Waals surface area (Å²) in [5.74, 6) is 0. The van der Waals surface area contributed by atoms with Gasteiger partial charge in [0.1, 0.15) is 0 Å². The lowest BCUT2D eigenvalue weighted by Crippen LogP contribution is -2.38. The minimum atomic E-state index is 0.474. The van der Waals surface area contributed by atoms with E-state index < -0.39 is 0 Å². The van der Waals surface area contributed by atoms with Crippen LogP contribution in [0.15, 0.2) is 0 Å². The largest absolute Gasteiger partial charge is 0.315 e. The standard InChI is InChI=1S/C16H36N2/c1-7-15(5,8-2)13-17-11-12-18-14-16(6,9-3)10-4/h17-18H,7-14H2,1-6H3. The molecule has 0 bridgehead atoms. The summed E-state index contributed by atoms with van der Waals surface area (Å²) in [7, 11) is 0. The zero-order valence-electron chi connectivity index (χ0n) is 13.7. The Kier molecular flexibility index (Phi) is 8.89. The van der Waals surface area contributed by atoms with Crippen molar-refractivity contribution in [1.29, 1.82) is 0 Å². The Morgan fingerprint density at radius 3 is 1.11 bits per heavy atom. The molecule has 18 heavy (non-hydrogen) atoms. The maximum absolute atomic E-state index is 3.59. The third-order valence-electron chi connectivity index (χ3n) is 5.00. The highest BCUT2D eigenvalue weighted by molar-refractivity contribution is 4.75. The number of hydrogen-bond donors (Lipinski definition) is 2. The first kappa shape index (κ1) is 17.9. The van der Waals surface area contributed by atoms with Crippen molar-refractivity contribution in [2.24, 2.45) is 10.8 Å². The fraction of sp³-hybridized carbons (Fsp3) is 1.00. The SMILES string of the molecule is CCC(C)(CC)CNCCNCC(C)(CC)CC. The molecule has 0 radical (unpaired) electrons. The highest BCUT2D eigenvalue weighted by Gasteiger charge is 2.19. The Hall–Kier alpha value is -0.0800. The molecule has 2 N–H and O–H groups in total. The molecule has 0 aromatic rings. The summed E-state index contributed by atoms with van der Waals surface area (Å²) in [6.07, 6.45) is 5.03. The highest BCUT2D eigenvalue weighted by Crippen LogP contribution is 2.24. The quantitative estimate of drug-likeness (QED) is 0.549. The molecule has 0 saturated heterocycles. The van der Waals surface area contributed by atoms with Gasteiger partial charge in [0.2, 0.25) is 0 Å². The zero-order valence-corrected chi connectivity index (χ0v) is 13.7. The Balaban J connectivity index is 3.63. The van der Waals surface area contributed by atoms with E-state index in [2.05, 4.69) is 52.2 Å². The topological polar surface area (TPSA) is 24.1 Å². The molecule has 0 aromatic carbocycles. The van der Waals surface area contributed by atoms with Gasteiger partial charge < -0.3 is 10.6 Å². The highest BCUT2D eigenvalue weighted by atomic mass is 14.9. The fourth-order valence-corrected chi connectivity index (χ4v) is 1.96. The van der Waals surface area contributed by atoms with Gasteiger partial charge in [0.15, 0.2) is 0 Å². The molecule has 0 aliphatic carbocycles. The lowest BCUT2D eigenvalue weighted by atomic mass is 9.84. The minimum Gasteiger partial charge on any atom is -0.315 e. The Labute approximate surface area is 115 Å². The summed E-state index contributed by atoms with van der Waals surface area (Å²) in [5, 5.41) is 7.18. The molecule has 0 saturated carbocycles. The van der Waals surface area contributed by atoms with Crippen molar-refractivity contribution in [1.82, 2.24) is 10.6 Å². The number of rotatable bonds is 11. The zero-order chi connectivity index (χ0) is 14.1. The molecule has 0 spiro atoms. The van der Waals surface area contributed by atoms with Crippen LogP contribution in [-0.2, 0) is 0 Å². The third kappa shape index (κ3) is 6.75. The third-order valence-corrected chi connectivity index (χ3v) is 5.00. The molecule has 0 unspecified atom stereocenters. The lowest BCUT2D eigenvalue weighted by Gasteiger charge is -2.28. The monoisotopic (exact) mass is 256 g/mol. The van der Waals surface area contributed by atoms with E-state index in [1.165, 1.54) is 25.7 Å². The van der Waals surface area contributed by atoms with Crippen LogP contribution in [0, 0.1) is 10.8 Å². The van der Waals surface area contributed by atoms with Gasteiger partial charge in [-0.2, -0.15) is 0 Å². The predicted molar refractivity (Wildman–Crippen MR) is 83.1 cm³/mol. The van der Waals surface area contributed by atoms with Gasteiger partial charge in [-0.25, -0.2) is 0 Å².